The van der Waals surface area contributed by atoms with E-state index >= 15 is 0 Å². The number of carbonyl (C=O) groups is 2. The highest BCUT2D eigenvalue weighted by atomic mass is 16.2. The van der Waals surface area contributed by atoms with Gasteiger partial charge < -0.3 is 19.9 Å². The maximum atomic E-state index is 13.7. The molecular formula is C26H32N4O2. The van der Waals surface area contributed by atoms with Crippen LogP contribution in [0.4, 0.5) is 17.2 Å². The standard InChI is InChI=1S/C26H32N4O2/c1-29(2)15-12-19(13-16-31)21-10-11-23-24(17-21)30(26(32)20-7-4-3-5-8-20)18-22-9-6-14-27-25(22)28-23/h6,9-12,14,16-17,20H,3-5,7-8,13,15,18H2,1-2H3,(H,27,28)/b19-12+. The van der Waals surface area contributed by atoms with Crippen molar-refractivity contribution in [2.75, 3.05) is 30.9 Å². The first kappa shape index (κ1) is 22.2. The van der Waals surface area contributed by atoms with Crippen LogP contribution in [-0.4, -0.2) is 42.7 Å². The van der Waals surface area contributed by atoms with Crippen molar-refractivity contribution < 1.29 is 9.59 Å². The molecular weight excluding hydrogens is 400 g/mol. The van der Waals surface area contributed by atoms with Crippen molar-refractivity contribution in [2.24, 2.45) is 5.92 Å². The van der Waals surface area contributed by atoms with E-state index in [1.165, 1.54) is 6.42 Å². The molecule has 1 amide bonds. The molecule has 6 heteroatoms. The van der Waals surface area contributed by atoms with E-state index in [9.17, 15) is 9.59 Å². The Bertz CT molecular complexity index is 1010. The Kier molecular flexibility index (Phi) is 7.00. The number of rotatable bonds is 6. The second-order valence-corrected chi connectivity index (χ2v) is 8.99. The Balaban J connectivity index is 1.76. The number of hydrogen-bond acceptors (Lipinski definition) is 5. The van der Waals surface area contributed by atoms with Gasteiger partial charge in [0, 0.05) is 30.6 Å². The fourth-order valence-corrected chi connectivity index (χ4v) is 4.59. The molecule has 0 bridgehead atoms. The molecule has 0 radical (unpaired) electrons. The predicted octanol–water partition coefficient (Wildman–Crippen LogP) is 4.79. The molecule has 6 nitrogen and oxygen atoms in total. The molecule has 4 rings (SSSR count). The van der Waals surface area contributed by atoms with Crippen LogP contribution in [-0.2, 0) is 16.1 Å². The van der Waals surface area contributed by atoms with Gasteiger partial charge in [-0.15, -0.1) is 0 Å². The van der Waals surface area contributed by atoms with Gasteiger partial charge >= 0.3 is 0 Å². The van der Waals surface area contributed by atoms with Gasteiger partial charge in [-0.25, -0.2) is 4.98 Å². The van der Waals surface area contributed by atoms with Gasteiger partial charge in [0.1, 0.15) is 12.1 Å². The Hall–Kier alpha value is -2.99. The molecule has 32 heavy (non-hydrogen) atoms. The van der Waals surface area contributed by atoms with Gasteiger partial charge in [-0.1, -0.05) is 37.5 Å². The number of fused-ring (bicyclic) bond motifs is 2. The summed E-state index contributed by atoms with van der Waals surface area (Å²) < 4.78 is 0. The van der Waals surface area contributed by atoms with E-state index in [0.29, 0.717) is 13.0 Å². The topological polar surface area (TPSA) is 65.5 Å². The summed E-state index contributed by atoms with van der Waals surface area (Å²) in [5.74, 6) is 1.05. The van der Waals surface area contributed by atoms with Crippen molar-refractivity contribution in [3.05, 3.63) is 53.7 Å². The predicted molar refractivity (Wildman–Crippen MR) is 129 cm³/mol. The zero-order chi connectivity index (χ0) is 22.5. The van der Waals surface area contributed by atoms with Gasteiger partial charge in [0.05, 0.1) is 17.9 Å². The summed E-state index contributed by atoms with van der Waals surface area (Å²) in [6.45, 7) is 1.24. The fraction of sp³-hybridized carbons (Fsp3) is 0.423. The normalized spacial score (nSPS) is 16.7. The van der Waals surface area contributed by atoms with Crippen LogP contribution in [0, 0.1) is 5.92 Å². The van der Waals surface area contributed by atoms with E-state index in [2.05, 4.69) is 27.3 Å². The molecule has 1 aromatic carbocycles. The van der Waals surface area contributed by atoms with Crippen LogP contribution in [0.3, 0.4) is 0 Å². The van der Waals surface area contributed by atoms with Crippen molar-refractivity contribution in [3.63, 3.8) is 0 Å². The molecule has 0 spiro atoms. The fourth-order valence-electron chi connectivity index (χ4n) is 4.59. The van der Waals surface area contributed by atoms with Crippen molar-refractivity contribution in [2.45, 2.75) is 45.1 Å². The maximum Gasteiger partial charge on any atom is 0.230 e. The van der Waals surface area contributed by atoms with Crippen molar-refractivity contribution in [1.82, 2.24) is 9.88 Å². The average Bonchev–Trinajstić information content (AvgIpc) is 2.98. The minimum absolute atomic E-state index is 0.0669. The molecule has 1 aromatic heterocycles. The number of likely N-dealkylation sites (N-methyl/N-ethyl adjacent to an activating group) is 1. The highest BCUT2D eigenvalue weighted by Gasteiger charge is 2.31. The largest absolute Gasteiger partial charge is 0.338 e. The summed E-state index contributed by atoms with van der Waals surface area (Å²) in [4.78, 5) is 33.6. The summed E-state index contributed by atoms with van der Waals surface area (Å²) >= 11 is 0. The third kappa shape index (κ3) is 4.91. The van der Waals surface area contributed by atoms with E-state index in [-0.39, 0.29) is 11.8 Å². The molecule has 168 valence electrons. The summed E-state index contributed by atoms with van der Waals surface area (Å²) in [5, 5.41) is 3.44. The van der Waals surface area contributed by atoms with Crippen LogP contribution < -0.4 is 10.2 Å². The van der Waals surface area contributed by atoms with E-state index in [4.69, 9.17) is 0 Å². The Labute approximate surface area is 190 Å². The van der Waals surface area contributed by atoms with Crippen molar-refractivity contribution >= 4 is 35.0 Å². The van der Waals surface area contributed by atoms with Gasteiger partial charge in [-0.3, -0.25) is 4.79 Å². The minimum atomic E-state index is 0.0669. The first-order chi connectivity index (χ1) is 15.6. The van der Waals surface area contributed by atoms with Crippen LogP contribution >= 0.6 is 0 Å². The number of benzene rings is 1. The van der Waals surface area contributed by atoms with Crippen molar-refractivity contribution in [3.8, 4) is 0 Å². The Morgan fingerprint density at radius 3 is 2.78 bits per heavy atom. The molecule has 1 aliphatic heterocycles. The highest BCUT2D eigenvalue weighted by molar-refractivity contribution is 6.00. The van der Waals surface area contributed by atoms with Crippen LogP contribution in [0.5, 0.6) is 0 Å². The molecule has 1 aliphatic carbocycles. The summed E-state index contributed by atoms with van der Waals surface area (Å²) in [7, 11) is 4.01. The first-order valence-corrected chi connectivity index (χ1v) is 11.5. The lowest BCUT2D eigenvalue weighted by Crippen LogP contribution is -2.36. The molecule has 1 N–H and O–H groups in total. The van der Waals surface area contributed by atoms with Gasteiger partial charge in [0.2, 0.25) is 5.91 Å². The Morgan fingerprint density at radius 2 is 2.03 bits per heavy atom. The smallest absolute Gasteiger partial charge is 0.230 e. The molecule has 0 saturated heterocycles. The number of amides is 1. The number of nitrogens with zero attached hydrogens (tertiary/aromatic N) is 3. The first-order valence-electron chi connectivity index (χ1n) is 11.5. The van der Waals surface area contributed by atoms with Gasteiger partial charge in [-0.05, 0) is 56.3 Å². The molecule has 2 heterocycles. The zero-order valence-corrected chi connectivity index (χ0v) is 19.0. The number of nitrogens with one attached hydrogen (secondary N) is 1. The number of pyridine rings is 1. The van der Waals surface area contributed by atoms with Crippen LogP contribution in [0.1, 0.15) is 49.7 Å². The molecule has 0 unspecified atom stereocenters. The minimum Gasteiger partial charge on any atom is -0.338 e. The third-order valence-electron chi connectivity index (χ3n) is 6.36. The van der Waals surface area contributed by atoms with Crippen LogP contribution in [0.2, 0.25) is 0 Å². The van der Waals surface area contributed by atoms with Crippen LogP contribution in [0.15, 0.2) is 42.6 Å². The number of hydrogen-bond donors (Lipinski definition) is 1. The second kappa shape index (κ2) is 10.1. The monoisotopic (exact) mass is 432 g/mol. The van der Waals surface area contributed by atoms with E-state index in [1.54, 1.807) is 6.20 Å². The van der Waals surface area contributed by atoms with Crippen molar-refractivity contribution in [1.29, 1.82) is 0 Å². The number of aldehydes is 1. The summed E-state index contributed by atoms with van der Waals surface area (Å²) in [5.41, 5.74) is 4.68. The van der Waals surface area contributed by atoms with Crippen LogP contribution in [0.25, 0.3) is 5.57 Å². The molecule has 1 saturated carbocycles. The lowest BCUT2D eigenvalue weighted by molar-refractivity contribution is -0.123. The Morgan fingerprint density at radius 1 is 1.22 bits per heavy atom. The SMILES string of the molecule is CN(C)C/C=C(\CC=O)c1ccc2c(c1)N(C(=O)C1CCCCC1)Cc1cccnc1N2. The number of aromatic nitrogens is 1. The number of allylic oxidation sites excluding steroid dienone is 1. The molecule has 0 atom stereocenters. The van der Waals surface area contributed by atoms with E-state index in [1.807, 2.05) is 43.3 Å². The number of anilines is 3. The molecule has 2 aromatic rings. The lowest BCUT2D eigenvalue weighted by atomic mass is 9.88. The zero-order valence-electron chi connectivity index (χ0n) is 19.0. The molecule has 2 aliphatic rings. The van der Waals surface area contributed by atoms with E-state index < -0.39 is 0 Å². The van der Waals surface area contributed by atoms with Gasteiger partial charge in [-0.2, -0.15) is 0 Å². The molecule has 1 fully saturated rings. The number of carbonyl (C=O) groups excluding carboxylic acids is 2. The van der Waals surface area contributed by atoms with Gasteiger partial charge in [0.25, 0.3) is 0 Å². The highest BCUT2D eigenvalue weighted by Crippen LogP contribution is 2.39. The van der Waals surface area contributed by atoms with Gasteiger partial charge in [0.15, 0.2) is 0 Å². The lowest BCUT2D eigenvalue weighted by Gasteiger charge is -2.29. The second-order valence-electron chi connectivity index (χ2n) is 8.99. The summed E-state index contributed by atoms with van der Waals surface area (Å²) in [6, 6.07) is 10.0. The third-order valence-corrected chi connectivity index (χ3v) is 6.36. The average molecular weight is 433 g/mol. The quantitative estimate of drug-likeness (QED) is 0.665. The summed E-state index contributed by atoms with van der Waals surface area (Å²) in [6.07, 6.45) is 10.5. The van der Waals surface area contributed by atoms with E-state index in [0.717, 1.165) is 72.4 Å². The maximum absolute atomic E-state index is 13.7.